The Kier molecular flexibility index (Phi) is 7.59. The minimum atomic E-state index is 0.628. The highest BCUT2D eigenvalue weighted by atomic mass is 32.1. The number of fused-ring (bicyclic) bond motifs is 5. The molecule has 0 fully saturated rings. The lowest BCUT2D eigenvalue weighted by Crippen LogP contribution is -2.00. The van der Waals surface area contributed by atoms with E-state index in [1.807, 2.05) is 54.9 Å². The highest BCUT2D eigenvalue weighted by Gasteiger charge is 2.17. The fourth-order valence-electron chi connectivity index (χ4n) is 6.97. The van der Waals surface area contributed by atoms with E-state index in [0.717, 1.165) is 55.5 Å². The normalized spacial score (nSPS) is 11.4. The Hall–Kier alpha value is -6.89. The van der Waals surface area contributed by atoms with Gasteiger partial charge in [0.2, 0.25) is 0 Å². The number of rotatable bonds is 6. The SMILES string of the molecule is c1ccc(-c2ccc(-c3nc(-c4ccccc4)nc(-c4ccc(-c5cccc(-c6nc7ccncc7c7c6sc6ccccc67)c5)cc4)n3)cc2)cc1. The van der Waals surface area contributed by atoms with Crippen LogP contribution in [0.2, 0.25) is 0 Å². The van der Waals surface area contributed by atoms with E-state index >= 15 is 0 Å². The predicted octanol–water partition coefficient (Wildman–Crippen LogP) is 12.2. The maximum atomic E-state index is 5.19. The Bertz CT molecular complexity index is 2920. The van der Waals surface area contributed by atoms with Crippen LogP contribution in [0, 0.1) is 0 Å². The number of nitrogens with zero attached hydrogens (tertiary/aromatic N) is 5. The minimum absolute atomic E-state index is 0.628. The molecule has 0 saturated heterocycles. The Morgan fingerprint density at radius 3 is 1.57 bits per heavy atom. The summed E-state index contributed by atoms with van der Waals surface area (Å²) in [7, 11) is 0. The van der Waals surface area contributed by atoms with Gasteiger partial charge in [0.15, 0.2) is 17.5 Å². The second-order valence-corrected chi connectivity index (χ2v) is 14.0. The molecule has 10 aromatic rings. The van der Waals surface area contributed by atoms with Gasteiger partial charge in [-0.1, -0.05) is 146 Å². The first-order chi connectivity index (χ1) is 26.2. The summed E-state index contributed by atoms with van der Waals surface area (Å²) in [6.07, 6.45) is 3.75. The Morgan fingerprint density at radius 1 is 0.377 bits per heavy atom. The van der Waals surface area contributed by atoms with Gasteiger partial charge in [0, 0.05) is 55.5 Å². The standard InChI is InChI=1S/C47H29N5S/c1-3-10-30(11-4-1)31-18-22-34(23-19-31)46-50-45(33-12-5-2-6-13-33)51-47(52-46)35-24-20-32(21-25-35)36-14-9-15-37(28-36)43-44-42(38-16-7-8-17-41(38)53-44)39-29-48-27-26-40(39)49-43/h1-29H. The van der Waals surface area contributed by atoms with Gasteiger partial charge in [0.25, 0.3) is 0 Å². The quantitative estimate of drug-likeness (QED) is 0.173. The van der Waals surface area contributed by atoms with Crippen LogP contribution in [-0.2, 0) is 0 Å². The van der Waals surface area contributed by atoms with Gasteiger partial charge in [-0.25, -0.2) is 19.9 Å². The van der Waals surface area contributed by atoms with Crippen LogP contribution < -0.4 is 0 Å². The fourth-order valence-corrected chi connectivity index (χ4v) is 8.20. The van der Waals surface area contributed by atoms with E-state index in [1.165, 1.54) is 25.7 Å². The molecule has 0 N–H and O–H groups in total. The summed E-state index contributed by atoms with van der Waals surface area (Å²) in [6.45, 7) is 0. The molecule has 0 saturated carbocycles. The lowest BCUT2D eigenvalue weighted by molar-refractivity contribution is 1.07. The Balaban J connectivity index is 1.03. The second-order valence-electron chi connectivity index (χ2n) is 12.9. The number of aromatic nitrogens is 5. The maximum absolute atomic E-state index is 5.19. The topological polar surface area (TPSA) is 64.5 Å². The minimum Gasteiger partial charge on any atom is -0.264 e. The van der Waals surface area contributed by atoms with Crippen LogP contribution in [0.4, 0.5) is 0 Å². The molecule has 0 atom stereocenters. The van der Waals surface area contributed by atoms with Gasteiger partial charge in [0.1, 0.15) is 0 Å². The number of thiophene rings is 1. The molecular formula is C47H29N5S. The number of hydrogen-bond donors (Lipinski definition) is 0. The molecule has 6 heteroatoms. The summed E-state index contributed by atoms with van der Waals surface area (Å²) in [5.41, 5.74) is 10.3. The van der Waals surface area contributed by atoms with Crippen molar-refractivity contribution in [3.05, 3.63) is 176 Å². The summed E-state index contributed by atoms with van der Waals surface area (Å²) in [4.78, 5) is 24.5. The van der Waals surface area contributed by atoms with Crippen LogP contribution in [0.1, 0.15) is 0 Å². The van der Waals surface area contributed by atoms with E-state index in [0.29, 0.717) is 17.5 Å². The molecule has 0 unspecified atom stereocenters. The average Bonchev–Trinajstić information content (AvgIpc) is 3.64. The van der Waals surface area contributed by atoms with Gasteiger partial charge in [-0.05, 0) is 40.5 Å². The summed E-state index contributed by atoms with van der Waals surface area (Å²) in [5, 5.41) is 3.53. The molecular weight excluding hydrogens is 667 g/mol. The fraction of sp³-hybridized carbons (Fsp3) is 0. The smallest absolute Gasteiger partial charge is 0.164 e. The molecule has 0 amide bonds. The molecule has 5 nitrogen and oxygen atoms in total. The van der Waals surface area contributed by atoms with E-state index in [1.54, 1.807) is 11.3 Å². The Labute approximate surface area is 310 Å². The van der Waals surface area contributed by atoms with Crippen LogP contribution >= 0.6 is 11.3 Å². The van der Waals surface area contributed by atoms with Crippen molar-refractivity contribution in [2.45, 2.75) is 0 Å². The van der Waals surface area contributed by atoms with Crippen molar-refractivity contribution in [3.63, 3.8) is 0 Å². The lowest BCUT2D eigenvalue weighted by atomic mass is 9.99. The predicted molar refractivity (Wildman–Crippen MR) is 218 cm³/mol. The van der Waals surface area contributed by atoms with E-state index in [9.17, 15) is 0 Å². The van der Waals surface area contributed by atoms with Crippen molar-refractivity contribution < 1.29 is 0 Å². The van der Waals surface area contributed by atoms with E-state index in [-0.39, 0.29) is 0 Å². The molecule has 0 aliphatic carbocycles. The van der Waals surface area contributed by atoms with E-state index in [2.05, 4.69) is 126 Å². The zero-order valence-electron chi connectivity index (χ0n) is 28.4. The van der Waals surface area contributed by atoms with Crippen molar-refractivity contribution in [3.8, 4) is 67.7 Å². The van der Waals surface area contributed by atoms with Crippen molar-refractivity contribution in [1.82, 2.24) is 24.9 Å². The summed E-state index contributed by atoms with van der Waals surface area (Å²) in [6, 6.07) is 56.6. The molecule has 4 aromatic heterocycles. The molecule has 0 radical (unpaired) electrons. The third kappa shape index (κ3) is 5.72. The monoisotopic (exact) mass is 695 g/mol. The molecule has 0 aliphatic rings. The zero-order valence-corrected chi connectivity index (χ0v) is 29.2. The van der Waals surface area contributed by atoms with Crippen LogP contribution in [0.3, 0.4) is 0 Å². The van der Waals surface area contributed by atoms with Crippen LogP contribution in [0.5, 0.6) is 0 Å². The largest absolute Gasteiger partial charge is 0.264 e. The maximum Gasteiger partial charge on any atom is 0.164 e. The summed E-state index contributed by atoms with van der Waals surface area (Å²) in [5.74, 6) is 1.90. The third-order valence-electron chi connectivity index (χ3n) is 9.64. The van der Waals surface area contributed by atoms with Gasteiger partial charge in [0.05, 0.1) is 15.9 Å². The molecule has 0 aliphatic heterocycles. The van der Waals surface area contributed by atoms with Crippen molar-refractivity contribution in [2.24, 2.45) is 0 Å². The molecule has 4 heterocycles. The van der Waals surface area contributed by atoms with Gasteiger partial charge >= 0.3 is 0 Å². The van der Waals surface area contributed by atoms with Crippen molar-refractivity contribution >= 4 is 42.4 Å². The van der Waals surface area contributed by atoms with Gasteiger partial charge in [-0.2, -0.15) is 0 Å². The molecule has 248 valence electrons. The average molecular weight is 696 g/mol. The Morgan fingerprint density at radius 2 is 0.887 bits per heavy atom. The van der Waals surface area contributed by atoms with E-state index in [4.69, 9.17) is 19.9 Å². The summed E-state index contributed by atoms with van der Waals surface area (Å²) < 4.78 is 2.42. The lowest BCUT2D eigenvalue weighted by Gasteiger charge is -2.11. The molecule has 6 aromatic carbocycles. The molecule has 0 bridgehead atoms. The van der Waals surface area contributed by atoms with Gasteiger partial charge < -0.3 is 0 Å². The highest BCUT2D eigenvalue weighted by Crippen LogP contribution is 2.43. The molecule has 10 rings (SSSR count). The third-order valence-corrected chi connectivity index (χ3v) is 10.8. The first-order valence-corrected chi connectivity index (χ1v) is 18.3. The first kappa shape index (κ1) is 30.9. The van der Waals surface area contributed by atoms with Gasteiger partial charge in [-0.3, -0.25) is 4.98 Å². The van der Waals surface area contributed by atoms with Crippen LogP contribution in [0.25, 0.3) is 98.7 Å². The number of hydrogen-bond acceptors (Lipinski definition) is 6. The van der Waals surface area contributed by atoms with Crippen LogP contribution in [-0.4, -0.2) is 24.9 Å². The molecule has 0 spiro atoms. The van der Waals surface area contributed by atoms with Crippen molar-refractivity contribution in [2.75, 3.05) is 0 Å². The highest BCUT2D eigenvalue weighted by molar-refractivity contribution is 7.26. The second kappa shape index (κ2) is 13.0. The van der Waals surface area contributed by atoms with Crippen LogP contribution in [0.15, 0.2) is 176 Å². The van der Waals surface area contributed by atoms with Crippen molar-refractivity contribution in [1.29, 1.82) is 0 Å². The zero-order chi connectivity index (χ0) is 35.1. The summed E-state index contributed by atoms with van der Waals surface area (Å²) >= 11 is 1.79. The number of pyridine rings is 2. The van der Waals surface area contributed by atoms with Gasteiger partial charge in [-0.15, -0.1) is 11.3 Å². The van der Waals surface area contributed by atoms with E-state index < -0.39 is 0 Å². The first-order valence-electron chi connectivity index (χ1n) is 17.5. The number of benzene rings is 6. The molecule has 53 heavy (non-hydrogen) atoms.